The highest BCUT2D eigenvalue weighted by Crippen LogP contribution is 2.34. The van der Waals surface area contributed by atoms with Gasteiger partial charge in [0.15, 0.2) is 0 Å². The maximum Gasteiger partial charge on any atom is 0.323 e. The maximum atomic E-state index is 13.9. The summed E-state index contributed by atoms with van der Waals surface area (Å²) >= 11 is 0. The predicted octanol–water partition coefficient (Wildman–Crippen LogP) is 18.6. The van der Waals surface area contributed by atoms with Gasteiger partial charge in [-0.05, 0) is 64.3 Å². The second-order valence-electron chi connectivity index (χ2n) is 22.7. The van der Waals surface area contributed by atoms with Crippen LogP contribution in [0.25, 0.3) is 0 Å². The Bertz CT molecular complexity index is 1200. The smallest absolute Gasteiger partial charge is 0.323 e. The molecule has 0 aromatic heterocycles. The molecule has 432 valence electrons. The Kier molecular flexibility index (Phi) is 48.5. The highest BCUT2D eigenvalue weighted by molar-refractivity contribution is 5.76. The van der Waals surface area contributed by atoms with E-state index in [1.54, 1.807) is 0 Å². The molecule has 9 nitrogen and oxygen atoms in total. The zero-order chi connectivity index (χ0) is 53.1. The van der Waals surface area contributed by atoms with Crippen molar-refractivity contribution in [1.29, 1.82) is 0 Å². The van der Waals surface area contributed by atoms with Crippen LogP contribution in [0.1, 0.15) is 343 Å². The van der Waals surface area contributed by atoms with Crippen molar-refractivity contribution in [3.8, 4) is 0 Å². The molecule has 0 spiro atoms. The van der Waals surface area contributed by atoms with Crippen molar-refractivity contribution in [3.05, 3.63) is 0 Å². The van der Waals surface area contributed by atoms with Crippen LogP contribution in [-0.2, 0) is 33.3 Å². The number of rotatable bonds is 56. The number of carbonyl (C=O) groups excluding carboxylic acids is 3. The Morgan fingerprint density at radius 1 is 0.452 bits per heavy atom. The molecule has 0 unspecified atom stereocenters. The molecule has 1 saturated heterocycles. The number of likely N-dealkylation sites (tertiary alicyclic amines) is 1. The van der Waals surface area contributed by atoms with Crippen molar-refractivity contribution < 1.29 is 38.4 Å². The van der Waals surface area contributed by atoms with Crippen LogP contribution in [0.3, 0.4) is 0 Å². The molecule has 0 saturated carbocycles. The standard InChI is InChI=1S/C64H123NO8/c1-6-11-16-21-26-27-28-35-45-54-70-61(67)49-41-37-44-53-65-57-58(66)56-60(65)63(69)71-55-46-36-29-32-40-50-62(68)73-64(51-42-33-24-19-14-9-4,52-43-34-25-20-15-10-5)72-59(47-38-30-22-17-12-7-2)48-39-31-23-18-13-8-3/h58-60,66H,6-57H2,1-5H3/t58-,60-/m0/s1. The second kappa shape index (κ2) is 51.1. The largest absolute Gasteiger partial charge is 0.466 e. The molecule has 0 aromatic rings. The number of β-amino-alcohol motifs (C(OH)–C–C–N with tert-alkyl or cyclic N) is 1. The van der Waals surface area contributed by atoms with Crippen molar-refractivity contribution in [2.45, 2.75) is 367 Å². The highest BCUT2D eigenvalue weighted by Gasteiger charge is 2.38. The summed E-state index contributed by atoms with van der Waals surface area (Å²) in [6.45, 7) is 13.4. The van der Waals surface area contributed by atoms with Crippen LogP contribution in [0.15, 0.2) is 0 Å². The van der Waals surface area contributed by atoms with Crippen LogP contribution in [0.4, 0.5) is 0 Å². The van der Waals surface area contributed by atoms with E-state index in [1.165, 1.54) is 173 Å². The molecule has 0 radical (unpaired) electrons. The van der Waals surface area contributed by atoms with E-state index in [2.05, 4.69) is 39.5 Å². The summed E-state index contributed by atoms with van der Waals surface area (Å²) in [6.07, 6.45) is 52.5. The molecular weight excluding hydrogens is 911 g/mol. The molecular formula is C64H123NO8. The molecule has 1 N–H and O–H groups in total. The summed E-state index contributed by atoms with van der Waals surface area (Å²) in [7, 11) is 0. The average molecular weight is 1030 g/mol. The third kappa shape index (κ3) is 41.1. The molecule has 0 bridgehead atoms. The van der Waals surface area contributed by atoms with Crippen molar-refractivity contribution in [3.63, 3.8) is 0 Å². The van der Waals surface area contributed by atoms with Gasteiger partial charge in [0.2, 0.25) is 5.79 Å². The molecule has 2 atom stereocenters. The number of aliphatic hydroxyl groups is 1. The number of nitrogens with zero attached hydrogens (tertiary/aromatic N) is 1. The zero-order valence-corrected chi connectivity index (χ0v) is 49.3. The van der Waals surface area contributed by atoms with Crippen molar-refractivity contribution in [2.75, 3.05) is 26.3 Å². The number of carbonyl (C=O) groups is 3. The van der Waals surface area contributed by atoms with Gasteiger partial charge in [0.1, 0.15) is 6.04 Å². The minimum Gasteiger partial charge on any atom is -0.466 e. The monoisotopic (exact) mass is 1030 g/mol. The fraction of sp³-hybridized carbons (Fsp3) is 0.953. The number of hydrogen-bond donors (Lipinski definition) is 1. The molecule has 1 aliphatic heterocycles. The summed E-state index contributed by atoms with van der Waals surface area (Å²) in [5.74, 6) is -1.29. The summed E-state index contributed by atoms with van der Waals surface area (Å²) < 4.78 is 25.2. The average Bonchev–Trinajstić information content (AvgIpc) is 3.76. The molecule has 0 aromatic carbocycles. The summed E-state index contributed by atoms with van der Waals surface area (Å²) in [5, 5.41) is 10.4. The Balaban J connectivity index is 2.64. The highest BCUT2D eigenvalue weighted by atomic mass is 16.7. The lowest BCUT2D eigenvalue weighted by atomic mass is 9.97. The number of unbranched alkanes of at least 4 members (excludes halogenated alkanes) is 34. The lowest BCUT2D eigenvalue weighted by Gasteiger charge is -2.37. The van der Waals surface area contributed by atoms with E-state index in [9.17, 15) is 19.5 Å². The van der Waals surface area contributed by atoms with Gasteiger partial charge in [-0.1, -0.05) is 253 Å². The lowest BCUT2D eigenvalue weighted by Crippen LogP contribution is -2.42. The Hall–Kier alpha value is -1.71. The van der Waals surface area contributed by atoms with Crippen LogP contribution >= 0.6 is 0 Å². The third-order valence-electron chi connectivity index (χ3n) is 15.5. The molecule has 1 aliphatic rings. The van der Waals surface area contributed by atoms with E-state index in [1.807, 2.05) is 0 Å². The molecule has 1 rings (SSSR count). The zero-order valence-electron chi connectivity index (χ0n) is 49.3. The first-order chi connectivity index (χ1) is 35.7. The van der Waals surface area contributed by atoms with Crippen LogP contribution in [0.2, 0.25) is 0 Å². The molecule has 0 amide bonds. The van der Waals surface area contributed by atoms with Gasteiger partial charge in [0, 0.05) is 38.6 Å². The van der Waals surface area contributed by atoms with Crippen molar-refractivity contribution in [2.24, 2.45) is 0 Å². The van der Waals surface area contributed by atoms with E-state index >= 15 is 0 Å². The second-order valence-corrected chi connectivity index (χ2v) is 22.7. The van der Waals surface area contributed by atoms with Crippen LogP contribution in [0, 0.1) is 0 Å². The quantitative estimate of drug-likeness (QED) is 0.0275. The third-order valence-corrected chi connectivity index (χ3v) is 15.5. The first-order valence-corrected chi connectivity index (χ1v) is 32.4. The van der Waals surface area contributed by atoms with Crippen molar-refractivity contribution in [1.82, 2.24) is 4.90 Å². The summed E-state index contributed by atoms with van der Waals surface area (Å²) in [4.78, 5) is 41.4. The van der Waals surface area contributed by atoms with Gasteiger partial charge in [0.25, 0.3) is 0 Å². The van der Waals surface area contributed by atoms with Crippen LogP contribution in [-0.4, -0.2) is 78.3 Å². The Morgan fingerprint density at radius 2 is 0.822 bits per heavy atom. The van der Waals surface area contributed by atoms with E-state index in [4.69, 9.17) is 18.9 Å². The SMILES string of the molecule is CCCCCCCCCCCOC(=O)CCCCCN1C[C@@H](O)C[C@H]1C(=O)OCCCCCCCC(=O)OC(CCCCCCCC)(CCCCCCCC)OC(CCCCCCCC)CCCCCCCC. The fourth-order valence-electron chi connectivity index (χ4n) is 10.8. The fourth-order valence-corrected chi connectivity index (χ4v) is 10.8. The van der Waals surface area contributed by atoms with E-state index < -0.39 is 17.9 Å². The van der Waals surface area contributed by atoms with Crippen LogP contribution < -0.4 is 0 Å². The van der Waals surface area contributed by atoms with Gasteiger partial charge in [-0.15, -0.1) is 0 Å². The van der Waals surface area contributed by atoms with Gasteiger partial charge in [-0.3, -0.25) is 19.3 Å². The van der Waals surface area contributed by atoms with Gasteiger partial charge in [-0.25, -0.2) is 0 Å². The molecule has 0 aliphatic carbocycles. The number of ether oxygens (including phenoxy) is 4. The number of hydrogen-bond acceptors (Lipinski definition) is 9. The minimum absolute atomic E-state index is 0.103. The number of esters is 3. The minimum atomic E-state index is -0.835. The predicted molar refractivity (Wildman–Crippen MR) is 307 cm³/mol. The van der Waals surface area contributed by atoms with E-state index in [0.29, 0.717) is 45.6 Å². The molecule has 1 heterocycles. The number of aliphatic hydroxyl groups excluding tert-OH is 1. The Morgan fingerprint density at radius 3 is 1.29 bits per heavy atom. The summed E-state index contributed by atoms with van der Waals surface area (Å²) in [5.41, 5.74) is 0. The Labute approximate surface area is 452 Å². The molecule has 73 heavy (non-hydrogen) atoms. The first-order valence-electron chi connectivity index (χ1n) is 32.4. The van der Waals surface area contributed by atoms with Gasteiger partial charge in [0.05, 0.1) is 25.4 Å². The first kappa shape index (κ1) is 69.3. The lowest BCUT2D eigenvalue weighted by molar-refractivity contribution is -0.259. The topological polar surface area (TPSA) is 112 Å². The molecule has 9 heteroatoms. The van der Waals surface area contributed by atoms with Gasteiger partial charge < -0.3 is 24.1 Å². The normalized spacial score (nSPS) is 15.2. The van der Waals surface area contributed by atoms with Crippen LogP contribution in [0.5, 0.6) is 0 Å². The maximum absolute atomic E-state index is 13.9. The van der Waals surface area contributed by atoms with Crippen molar-refractivity contribution >= 4 is 17.9 Å². The van der Waals surface area contributed by atoms with Gasteiger partial charge >= 0.3 is 17.9 Å². The van der Waals surface area contributed by atoms with E-state index in [-0.39, 0.29) is 24.0 Å². The summed E-state index contributed by atoms with van der Waals surface area (Å²) in [6, 6.07) is -0.415. The molecule has 1 fully saturated rings. The van der Waals surface area contributed by atoms with Gasteiger partial charge in [-0.2, -0.15) is 0 Å². The van der Waals surface area contributed by atoms with E-state index in [0.717, 1.165) is 116 Å².